The number of hydrogen-bond acceptors (Lipinski definition) is 6. The first-order valence-electron chi connectivity index (χ1n) is 8.37. The number of carbonyl (C=O) groups is 2. The van der Waals surface area contributed by atoms with E-state index in [0.717, 1.165) is 0 Å². The third-order valence-electron chi connectivity index (χ3n) is 3.02. The van der Waals surface area contributed by atoms with Crippen LogP contribution in [0.1, 0.15) is 55.8 Å². The first-order chi connectivity index (χ1) is 12.8. The third-order valence-corrected chi connectivity index (χ3v) is 3.02. The van der Waals surface area contributed by atoms with E-state index in [4.69, 9.17) is 9.47 Å². The number of rotatable bonds is 7. The summed E-state index contributed by atoms with van der Waals surface area (Å²) in [6, 6.07) is 17.7. The summed E-state index contributed by atoms with van der Waals surface area (Å²) < 4.78 is 10.3. The van der Waals surface area contributed by atoms with Gasteiger partial charge in [-0.25, -0.2) is 9.59 Å². The topological polar surface area (TPSA) is 105 Å². The highest BCUT2D eigenvalue weighted by Crippen LogP contribution is 2.04. The van der Waals surface area contributed by atoms with Crippen LogP contribution in [0.15, 0.2) is 60.7 Å². The molecule has 0 aliphatic rings. The second-order valence-electron chi connectivity index (χ2n) is 4.71. The highest BCUT2D eigenvalue weighted by atomic mass is 16.5. The lowest BCUT2D eigenvalue weighted by Crippen LogP contribution is -2.09. The molecule has 2 aromatic carbocycles. The summed E-state index contributed by atoms with van der Waals surface area (Å²) in [5.41, 5.74) is 10.1. The van der Waals surface area contributed by atoms with E-state index in [9.17, 15) is 9.59 Å². The van der Waals surface area contributed by atoms with E-state index in [-0.39, 0.29) is 34.2 Å². The average molecular weight is 409 g/mol. The predicted octanol–water partition coefficient (Wildman–Crippen LogP) is 4.54. The van der Waals surface area contributed by atoms with Crippen molar-refractivity contribution in [2.24, 2.45) is 11.5 Å². The number of unbranched alkanes of at least 4 members (excludes halogenated alkanes) is 1. The fourth-order valence-electron chi connectivity index (χ4n) is 1.85. The van der Waals surface area contributed by atoms with E-state index in [1.807, 2.05) is 12.1 Å². The number of nitrogens with two attached hydrogens (primary N) is 2. The Kier molecular flexibility index (Phi) is 27.2. The molecule has 6 heteroatoms. The normalized spacial score (nSPS) is 8.00. The average Bonchev–Trinajstić information content (AvgIpc) is 2.74. The SMILES string of the molecule is C.C.C.CN.CN.O=C(OCCCCOC(=O)c1ccccc1)c1ccccc1. The molecule has 166 valence electrons. The van der Waals surface area contributed by atoms with E-state index in [0.29, 0.717) is 37.2 Å². The van der Waals surface area contributed by atoms with Gasteiger partial charge in [0.05, 0.1) is 24.3 Å². The van der Waals surface area contributed by atoms with Crippen LogP contribution in [0.4, 0.5) is 0 Å². The van der Waals surface area contributed by atoms with Gasteiger partial charge >= 0.3 is 11.9 Å². The van der Waals surface area contributed by atoms with Gasteiger partial charge in [-0.3, -0.25) is 0 Å². The van der Waals surface area contributed by atoms with Crippen molar-refractivity contribution in [1.82, 2.24) is 0 Å². The smallest absolute Gasteiger partial charge is 0.338 e. The number of benzene rings is 2. The number of hydrogen-bond donors (Lipinski definition) is 2. The molecular weight excluding hydrogens is 368 g/mol. The quantitative estimate of drug-likeness (QED) is 0.515. The Labute approximate surface area is 177 Å². The third kappa shape index (κ3) is 15.0. The van der Waals surface area contributed by atoms with Gasteiger partial charge < -0.3 is 20.9 Å². The van der Waals surface area contributed by atoms with E-state index >= 15 is 0 Å². The lowest BCUT2D eigenvalue weighted by atomic mass is 10.2. The lowest BCUT2D eigenvalue weighted by Gasteiger charge is -2.06. The Balaban J connectivity index is -0.000000420. The van der Waals surface area contributed by atoms with E-state index in [1.54, 1.807) is 48.5 Å². The van der Waals surface area contributed by atoms with Crippen LogP contribution in [0, 0.1) is 0 Å². The fraction of sp³-hybridized carbons (Fsp3) is 0.391. The molecule has 0 atom stereocenters. The standard InChI is InChI=1S/C18H18O4.2CH5N.3CH4/c19-17(15-9-3-1-4-10-15)21-13-7-8-14-22-18(20)16-11-5-2-6-12-16;2*1-2;;;/h1-6,9-12H,7-8,13-14H2;2*2H2,1H3;3*1H4. The minimum atomic E-state index is -0.332. The van der Waals surface area contributed by atoms with Crippen molar-refractivity contribution in [2.75, 3.05) is 27.3 Å². The zero-order valence-electron chi connectivity index (χ0n) is 15.4. The molecule has 0 radical (unpaired) electrons. The molecule has 0 amide bonds. The lowest BCUT2D eigenvalue weighted by molar-refractivity contribution is 0.0432. The maximum atomic E-state index is 11.7. The number of esters is 2. The summed E-state index contributed by atoms with van der Waals surface area (Å²) in [5, 5.41) is 0. The Morgan fingerprint density at radius 3 is 1.17 bits per heavy atom. The zero-order chi connectivity index (χ0) is 19.6. The van der Waals surface area contributed by atoms with Gasteiger partial charge in [-0.15, -0.1) is 0 Å². The van der Waals surface area contributed by atoms with E-state index in [1.165, 1.54) is 14.1 Å². The van der Waals surface area contributed by atoms with Crippen molar-refractivity contribution >= 4 is 11.9 Å². The van der Waals surface area contributed by atoms with Crippen molar-refractivity contribution in [3.8, 4) is 0 Å². The molecule has 0 fully saturated rings. The summed E-state index contributed by atoms with van der Waals surface area (Å²) in [4.78, 5) is 23.3. The highest BCUT2D eigenvalue weighted by molar-refractivity contribution is 5.89. The Hall–Kier alpha value is -2.70. The van der Waals surface area contributed by atoms with Crippen molar-refractivity contribution < 1.29 is 19.1 Å². The summed E-state index contributed by atoms with van der Waals surface area (Å²) in [5.74, 6) is -0.663. The molecule has 0 spiro atoms. The Bertz CT molecular complexity index is 549. The van der Waals surface area contributed by atoms with Crippen LogP contribution < -0.4 is 11.5 Å². The molecule has 0 aromatic heterocycles. The zero-order valence-corrected chi connectivity index (χ0v) is 15.4. The molecular formula is C23H40N2O4. The first-order valence-corrected chi connectivity index (χ1v) is 8.37. The van der Waals surface area contributed by atoms with Crippen molar-refractivity contribution in [3.05, 3.63) is 71.8 Å². The van der Waals surface area contributed by atoms with Crippen LogP contribution >= 0.6 is 0 Å². The molecule has 0 saturated carbocycles. The number of carbonyl (C=O) groups excluding carboxylic acids is 2. The predicted molar refractivity (Wildman–Crippen MR) is 123 cm³/mol. The van der Waals surface area contributed by atoms with Gasteiger partial charge in [-0.2, -0.15) is 0 Å². The molecule has 4 N–H and O–H groups in total. The summed E-state index contributed by atoms with van der Waals surface area (Å²) in [6.07, 6.45) is 1.31. The molecule has 0 aliphatic heterocycles. The molecule has 6 nitrogen and oxygen atoms in total. The highest BCUT2D eigenvalue weighted by Gasteiger charge is 2.07. The van der Waals surface area contributed by atoms with Gasteiger partial charge in [0.25, 0.3) is 0 Å². The summed E-state index contributed by atoms with van der Waals surface area (Å²) >= 11 is 0. The second kappa shape index (κ2) is 23.3. The first kappa shape index (κ1) is 33.9. The van der Waals surface area contributed by atoms with Crippen LogP contribution in [0.5, 0.6) is 0 Å². The van der Waals surface area contributed by atoms with Gasteiger partial charge in [-0.05, 0) is 51.2 Å². The van der Waals surface area contributed by atoms with Crippen molar-refractivity contribution in [2.45, 2.75) is 35.1 Å². The maximum absolute atomic E-state index is 11.7. The monoisotopic (exact) mass is 408 g/mol. The van der Waals surface area contributed by atoms with Crippen LogP contribution in [0.3, 0.4) is 0 Å². The summed E-state index contributed by atoms with van der Waals surface area (Å²) in [7, 11) is 3.00. The largest absolute Gasteiger partial charge is 0.462 e. The minimum Gasteiger partial charge on any atom is -0.462 e. The molecule has 2 rings (SSSR count). The minimum absolute atomic E-state index is 0. The molecule has 0 heterocycles. The van der Waals surface area contributed by atoms with Gasteiger partial charge in [0, 0.05) is 0 Å². The van der Waals surface area contributed by atoms with Gasteiger partial charge in [0.2, 0.25) is 0 Å². The van der Waals surface area contributed by atoms with Gasteiger partial charge in [0.1, 0.15) is 0 Å². The van der Waals surface area contributed by atoms with Crippen molar-refractivity contribution in [3.63, 3.8) is 0 Å². The summed E-state index contributed by atoms with van der Waals surface area (Å²) in [6.45, 7) is 0.632. The van der Waals surface area contributed by atoms with Gasteiger partial charge in [-0.1, -0.05) is 58.7 Å². The van der Waals surface area contributed by atoms with Crippen LogP contribution in [0.2, 0.25) is 0 Å². The van der Waals surface area contributed by atoms with E-state index in [2.05, 4.69) is 11.5 Å². The Morgan fingerprint density at radius 2 is 0.897 bits per heavy atom. The number of ether oxygens (including phenoxy) is 2. The second-order valence-corrected chi connectivity index (χ2v) is 4.71. The van der Waals surface area contributed by atoms with Crippen LogP contribution in [0.25, 0.3) is 0 Å². The fourth-order valence-corrected chi connectivity index (χ4v) is 1.85. The van der Waals surface area contributed by atoms with Crippen LogP contribution in [-0.2, 0) is 9.47 Å². The molecule has 0 bridgehead atoms. The van der Waals surface area contributed by atoms with Crippen molar-refractivity contribution in [1.29, 1.82) is 0 Å². The molecule has 2 aromatic rings. The maximum Gasteiger partial charge on any atom is 0.338 e. The molecule has 0 aliphatic carbocycles. The van der Waals surface area contributed by atoms with E-state index < -0.39 is 0 Å². The molecule has 29 heavy (non-hydrogen) atoms. The Morgan fingerprint density at radius 1 is 0.621 bits per heavy atom. The van der Waals surface area contributed by atoms with Crippen LogP contribution in [-0.4, -0.2) is 39.2 Å². The molecule has 0 saturated heterocycles. The molecule has 0 unspecified atom stereocenters. The van der Waals surface area contributed by atoms with Gasteiger partial charge in [0.15, 0.2) is 0 Å².